The van der Waals surface area contributed by atoms with E-state index < -0.39 is 0 Å². The van der Waals surface area contributed by atoms with E-state index in [-0.39, 0.29) is 18.6 Å². The van der Waals surface area contributed by atoms with Gasteiger partial charge in [-0.2, -0.15) is 0 Å². The van der Waals surface area contributed by atoms with Gasteiger partial charge in [0.1, 0.15) is 6.61 Å². The fourth-order valence-electron chi connectivity index (χ4n) is 2.00. The van der Waals surface area contributed by atoms with E-state index in [1.807, 2.05) is 20.0 Å². The predicted molar refractivity (Wildman–Crippen MR) is 74.3 cm³/mol. The molecule has 1 amide bonds. The van der Waals surface area contributed by atoms with E-state index in [1.165, 1.54) is 11.3 Å². The van der Waals surface area contributed by atoms with Crippen molar-refractivity contribution in [2.45, 2.75) is 19.4 Å². The van der Waals surface area contributed by atoms with Crippen LogP contribution >= 0.6 is 11.3 Å². The van der Waals surface area contributed by atoms with E-state index in [2.05, 4.69) is 11.8 Å². The molecule has 1 aromatic heterocycles. The third kappa shape index (κ3) is 3.16. The van der Waals surface area contributed by atoms with Gasteiger partial charge in [0.05, 0.1) is 22.4 Å². The standard InChI is InChI=1S/C14H17NO3S/c1-10-8-13(19-12(10)4-3-6-16)14(17)15(2)11-5-7-18-9-11/h8,11,16H,5-7,9H2,1-2H3. The number of likely N-dealkylation sites (N-methyl/N-ethyl adjacent to an activating group) is 1. The van der Waals surface area contributed by atoms with E-state index in [1.54, 1.807) is 4.90 Å². The van der Waals surface area contributed by atoms with Crippen molar-refractivity contribution in [3.05, 3.63) is 21.4 Å². The summed E-state index contributed by atoms with van der Waals surface area (Å²) in [5.41, 5.74) is 0.977. The van der Waals surface area contributed by atoms with Gasteiger partial charge in [-0.05, 0) is 25.0 Å². The summed E-state index contributed by atoms with van der Waals surface area (Å²) in [5.74, 6) is 5.50. The summed E-state index contributed by atoms with van der Waals surface area (Å²) in [6.07, 6.45) is 0.893. The summed E-state index contributed by atoms with van der Waals surface area (Å²) in [7, 11) is 1.82. The Balaban J connectivity index is 2.14. The fourth-order valence-corrected chi connectivity index (χ4v) is 3.03. The highest BCUT2D eigenvalue weighted by atomic mass is 32.1. The van der Waals surface area contributed by atoms with Crippen LogP contribution in [0.2, 0.25) is 0 Å². The first-order chi connectivity index (χ1) is 9.13. The molecular weight excluding hydrogens is 262 g/mol. The number of aliphatic hydroxyl groups excluding tert-OH is 1. The molecule has 1 fully saturated rings. The number of amides is 1. The van der Waals surface area contributed by atoms with E-state index in [0.717, 1.165) is 23.5 Å². The van der Waals surface area contributed by atoms with Gasteiger partial charge in [-0.3, -0.25) is 4.79 Å². The Kier molecular flexibility index (Phi) is 4.59. The maximum Gasteiger partial charge on any atom is 0.264 e. The number of thiophene rings is 1. The van der Waals surface area contributed by atoms with Crippen LogP contribution in [0.25, 0.3) is 0 Å². The van der Waals surface area contributed by atoms with Crippen LogP contribution in [0, 0.1) is 18.8 Å². The molecule has 0 radical (unpaired) electrons. The maximum atomic E-state index is 12.4. The van der Waals surface area contributed by atoms with Crippen molar-refractivity contribution in [2.75, 3.05) is 26.9 Å². The lowest BCUT2D eigenvalue weighted by molar-refractivity contribution is 0.0716. The van der Waals surface area contributed by atoms with E-state index >= 15 is 0 Å². The summed E-state index contributed by atoms with van der Waals surface area (Å²) >= 11 is 1.38. The molecule has 1 saturated heterocycles. The summed E-state index contributed by atoms with van der Waals surface area (Å²) in [6.45, 7) is 3.09. The fraction of sp³-hybridized carbons (Fsp3) is 0.500. The van der Waals surface area contributed by atoms with Gasteiger partial charge >= 0.3 is 0 Å². The Hall–Kier alpha value is -1.35. The van der Waals surface area contributed by atoms with Crippen LogP contribution in [0.1, 0.15) is 26.5 Å². The lowest BCUT2D eigenvalue weighted by Gasteiger charge is -2.22. The molecule has 1 aliphatic rings. The van der Waals surface area contributed by atoms with Crippen molar-refractivity contribution in [1.29, 1.82) is 0 Å². The number of hydrogen-bond donors (Lipinski definition) is 1. The van der Waals surface area contributed by atoms with Crippen molar-refractivity contribution in [3.8, 4) is 11.8 Å². The number of ether oxygens (including phenoxy) is 1. The topological polar surface area (TPSA) is 49.8 Å². The normalized spacial score (nSPS) is 17.9. The van der Waals surface area contributed by atoms with Gasteiger partial charge in [-0.1, -0.05) is 11.8 Å². The predicted octanol–water partition coefficient (Wildman–Crippen LogP) is 1.26. The van der Waals surface area contributed by atoms with Gasteiger partial charge in [-0.15, -0.1) is 11.3 Å². The summed E-state index contributed by atoms with van der Waals surface area (Å²) in [5, 5.41) is 8.71. The molecule has 1 aliphatic heterocycles. The zero-order valence-corrected chi connectivity index (χ0v) is 11.9. The zero-order chi connectivity index (χ0) is 13.8. The molecule has 1 aromatic rings. The number of rotatable bonds is 2. The highest BCUT2D eigenvalue weighted by molar-refractivity contribution is 7.14. The third-order valence-electron chi connectivity index (χ3n) is 3.18. The van der Waals surface area contributed by atoms with Crippen molar-refractivity contribution in [3.63, 3.8) is 0 Å². The van der Waals surface area contributed by atoms with E-state index in [4.69, 9.17) is 9.84 Å². The smallest absolute Gasteiger partial charge is 0.264 e. The molecule has 19 heavy (non-hydrogen) atoms. The first kappa shape index (κ1) is 14.1. The van der Waals surface area contributed by atoms with Crippen LogP contribution in [0.3, 0.4) is 0 Å². The maximum absolute atomic E-state index is 12.4. The molecule has 1 N–H and O–H groups in total. The van der Waals surface area contributed by atoms with Crippen LogP contribution in [-0.2, 0) is 4.74 Å². The molecule has 4 nitrogen and oxygen atoms in total. The Labute approximate surface area is 117 Å². The Morgan fingerprint density at radius 2 is 2.47 bits per heavy atom. The molecule has 102 valence electrons. The molecule has 0 bridgehead atoms. The largest absolute Gasteiger partial charge is 0.384 e. The average molecular weight is 279 g/mol. The first-order valence-corrected chi connectivity index (χ1v) is 7.00. The molecule has 0 saturated carbocycles. The number of aryl methyl sites for hydroxylation is 1. The summed E-state index contributed by atoms with van der Waals surface area (Å²) in [4.78, 5) is 15.6. The average Bonchev–Trinajstić information content (AvgIpc) is 3.04. The molecule has 1 unspecified atom stereocenters. The highest BCUT2D eigenvalue weighted by Crippen LogP contribution is 2.23. The minimum absolute atomic E-state index is 0.0145. The molecule has 5 heteroatoms. The third-order valence-corrected chi connectivity index (χ3v) is 4.32. The van der Waals surface area contributed by atoms with Crippen molar-refractivity contribution < 1.29 is 14.6 Å². The second kappa shape index (κ2) is 6.20. The van der Waals surface area contributed by atoms with Gasteiger partial charge in [-0.25, -0.2) is 0 Å². The molecule has 0 aromatic carbocycles. The summed E-state index contributed by atoms with van der Waals surface area (Å²) in [6, 6.07) is 2.03. The van der Waals surface area contributed by atoms with Crippen molar-refractivity contribution >= 4 is 17.2 Å². The number of hydrogen-bond acceptors (Lipinski definition) is 4. The SMILES string of the molecule is Cc1cc(C(=O)N(C)C2CCOC2)sc1C#CCO. The Morgan fingerprint density at radius 3 is 3.11 bits per heavy atom. The van der Waals surface area contributed by atoms with Gasteiger partial charge in [0, 0.05) is 13.7 Å². The van der Waals surface area contributed by atoms with Crippen LogP contribution in [0.5, 0.6) is 0 Å². The second-order valence-corrected chi connectivity index (χ2v) is 5.57. The van der Waals surface area contributed by atoms with Gasteiger partial charge in [0.2, 0.25) is 0 Å². The molecule has 2 heterocycles. The minimum Gasteiger partial charge on any atom is -0.384 e. The van der Waals surface area contributed by atoms with Crippen LogP contribution in [0.15, 0.2) is 6.07 Å². The highest BCUT2D eigenvalue weighted by Gasteiger charge is 2.26. The number of nitrogens with zero attached hydrogens (tertiary/aromatic N) is 1. The Morgan fingerprint density at radius 1 is 1.68 bits per heavy atom. The number of carbonyl (C=O) groups is 1. The van der Waals surface area contributed by atoms with Gasteiger partial charge in [0.25, 0.3) is 5.91 Å². The van der Waals surface area contributed by atoms with Crippen LogP contribution in [-0.4, -0.2) is 48.8 Å². The molecular formula is C14H17NO3S. The summed E-state index contributed by atoms with van der Waals surface area (Å²) < 4.78 is 5.31. The zero-order valence-electron chi connectivity index (χ0n) is 11.1. The van der Waals surface area contributed by atoms with Crippen molar-refractivity contribution in [2.24, 2.45) is 0 Å². The van der Waals surface area contributed by atoms with E-state index in [0.29, 0.717) is 11.5 Å². The van der Waals surface area contributed by atoms with Gasteiger partial charge < -0.3 is 14.7 Å². The molecule has 0 spiro atoms. The lowest BCUT2D eigenvalue weighted by Crippen LogP contribution is -2.36. The lowest BCUT2D eigenvalue weighted by atomic mass is 10.2. The molecule has 0 aliphatic carbocycles. The Bertz CT molecular complexity index is 521. The first-order valence-electron chi connectivity index (χ1n) is 6.18. The second-order valence-electron chi connectivity index (χ2n) is 4.52. The number of aliphatic hydroxyl groups is 1. The quantitative estimate of drug-likeness (QED) is 0.829. The van der Waals surface area contributed by atoms with Crippen molar-refractivity contribution in [1.82, 2.24) is 4.90 Å². The number of carbonyl (C=O) groups excluding carboxylic acids is 1. The molecule has 2 rings (SSSR count). The van der Waals surface area contributed by atoms with Crippen LogP contribution < -0.4 is 0 Å². The van der Waals surface area contributed by atoms with Gasteiger partial charge in [0.15, 0.2) is 0 Å². The minimum atomic E-state index is -0.167. The van der Waals surface area contributed by atoms with Crippen LogP contribution in [0.4, 0.5) is 0 Å². The molecule has 1 atom stereocenters. The monoisotopic (exact) mass is 279 g/mol. The van der Waals surface area contributed by atoms with E-state index in [9.17, 15) is 4.79 Å².